The topological polar surface area (TPSA) is 109 Å². The number of fused-ring (bicyclic) bond motifs is 3. The largest absolute Gasteiger partial charge is 0.407 e. The van der Waals surface area contributed by atoms with Crippen molar-refractivity contribution >= 4 is 27.8 Å². The van der Waals surface area contributed by atoms with Gasteiger partial charge in [0.25, 0.3) is 0 Å². The van der Waals surface area contributed by atoms with Crippen molar-refractivity contribution in [2.24, 2.45) is 0 Å². The zero-order valence-electron chi connectivity index (χ0n) is 14.4. The number of nitrogens with two attached hydrogens (primary N) is 1. The van der Waals surface area contributed by atoms with E-state index in [1.807, 2.05) is 37.3 Å². The second-order valence-corrected chi connectivity index (χ2v) is 6.45. The lowest BCUT2D eigenvalue weighted by Crippen LogP contribution is -2.29. The van der Waals surface area contributed by atoms with Gasteiger partial charge in [-0.15, -0.1) is 0 Å². The summed E-state index contributed by atoms with van der Waals surface area (Å²) in [6.07, 6.45) is 4.13. The Morgan fingerprint density at radius 1 is 1.38 bits per heavy atom. The number of nitrogen functional groups attached to an aromatic ring is 1. The molecule has 26 heavy (non-hydrogen) atoms. The van der Waals surface area contributed by atoms with Crippen LogP contribution in [0.2, 0.25) is 0 Å². The van der Waals surface area contributed by atoms with Crippen molar-refractivity contribution < 1.29 is 9.76 Å². The molecule has 8 heteroatoms. The van der Waals surface area contributed by atoms with Gasteiger partial charge in [0.05, 0.1) is 5.52 Å². The third-order valence-corrected chi connectivity index (χ3v) is 4.77. The summed E-state index contributed by atoms with van der Waals surface area (Å²) >= 11 is 0. The summed E-state index contributed by atoms with van der Waals surface area (Å²) < 4.78 is 1.61. The molecule has 3 aromatic rings. The fourth-order valence-corrected chi connectivity index (χ4v) is 3.50. The van der Waals surface area contributed by atoms with Crippen LogP contribution in [0.5, 0.6) is 0 Å². The third-order valence-electron chi connectivity index (χ3n) is 4.77. The van der Waals surface area contributed by atoms with E-state index in [2.05, 4.69) is 9.97 Å². The Kier molecular flexibility index (Phi) is 3.95. The number of nitro groups is 1. The minimum atomic E-state index is -0.678. The first kappa shape index (κ1) is 16.3. The molecule has 0 bridgehead atoms. The Morgan fingerprint density at radius 3 is 3.00 bits per heavy atom. The number of rotatable bonds is 4. The number of imidazole rings is 1. The number of aromatic nitrogens is 3. The fraction of sp³-hybridized carbons (Fsp3) is 0.333. The van der Waals surface area contributed by atoms with Gasteiger partial charge >= 0.3 is 0 Å². The van der Waals surface area contributed by atoms with E-state index < -0.39 is 6.04 Å². The summed E-state index contributed by atoms with van der Waals surface area (Å²) in [5, 5.41) is 12.2. The van der Waals surface area contributed by atoms with Crippen LogP contribution >= 0.6 is 0 Å². The van der Waals surface area contributed by atoms with Crippen molar-refractivity contribution in [3.8, 4) is 0 Å². The maximum absolute atomic E-state index is 11.3. The van der Waals surface area contributed by atoms with E-state index in [9.17, 15) is 10.1 Å². The molecule has 2 heterocycles. The molecule has 1 aliphatic rings. The normalized spacial score (nSPS) is 17.4. The van der Waals surface area contributed by atoms with Crippen molar-refractivity contribution in [2.45, 2.75) is 32.2 Å². The molecule has 0 saturated carbocycles. The highest BCUT2D eigenvalue weighted by Gasteiger charge is 2.28. The minimum absolute atomic E-state index is 0.147. The number of anilines is 1. The van der Waals surface area contributed by atoms with Crippen LogP contribution in [0.4, 0.5) is 5.82 Å². The van der Waals surface area contributed by atoms with Gasteiger partial charge in [0.1, 0.15) is 23.5 Å². The van der Waals surface area contributed by atoms with Gasteiger partial charge in [0, 0.05) is 22.3 Å². The van der Waals surface area contributed by atoms with E-state index >= 15 is 0 Å². The molecule has 0 aliphatic heterocycles. The molecule has 2 aromatic heterocycles. The summed E-state index contributed by atoms with van der Waals surface area (Å²) in [7, 11) is 0. The van der Waals surface area contributed by atoms with E-state index in [4.69, 9.17) is 10.6 Å². The monoisotopic (exact) mass is 353 g/mol. The average Bonchev–Trinajstić information content (AvgIpc) is 2.97. The Hall–Kier alpha value is -3.16. The van der Waals surface area contributed by atoms with Crippen molar-refractivity contribution in [3.05, 3.63) is 51.9 Å². The Balaban J connectivity index is 1.76. The van der Waals surface area contributed by atoms with E-state index in [1.54, 1.807) is 4.73 Å². The Bertz CT molecular complexity index is 1040. The first-order valence-corrected chi connectivity index (χ1v) is 8.55. The SMILES string of the molecule is Cc1nc2c(N)nc3ccccc3c2n1OCC1=CCCCC1[N+](=O)[O-]. The molecule has 1 unspecified atom stereocenters. The predicted octanol–water partition coefficient (Wildman–Crippen LogP) is 2.66. The predicted molar refractivity (Wildman–Crippen MR) is 98.3 cm³/mol. The van der Waals surface area contributed by atoms with Gasteiger partial charge in [-0.3, -0.25) is 10.1 Å². The highest BCUT2D eigenvalue weighted by Crippen LogP contribution is 2.28. The van der Waals surface area contributed by atoms with Gasteiger partial charge in [-0.1, -0.05) is 24.3 Å². The summed E-state index contributed by atoms with van der Waals surface area (Å²) in [6.45, 7) is 1.96. The van der Waals surface area contributed by atoms with E-state index in [0.29, 0.717) is 29.2 Å². The zero-order chi connectivity index (χ0) is 18.3. The second kappa shape index (κ2) is 6.29. The van der Waals surface area contributed by atoms with Crippen molar-refractivity contribution in [1.82, 2.24) is 14.7 Å². The van der Waals surface area contributed by atoms with E-state index in [-0.39, 0.29) is 11.5 Å². The standard InChI is InChI=1S/C18H19N5O3/c1-11-20-16-17(13-7-3-4-8-14(13)21-18(16)19)22(11)26-10-12-6-2-5-9-15(12)23(24)25/h3-4,6-8,15H,2,5,9-10H2,1H3,(H2,19,21). The van der Waals surface area contributed by atoms with Crippen LogP contribution in [0.3, 0.4) is 0 Å². The molecule has 134 valence electrons. The van der Waals surface area contributed by atoms with Gasteiger partial charge in [-0.05, 0) is 25.8 Å². The van der Waals surface area contributed by atoms with Crippen LogP contribution in [0.1, 0.15) is 25.1 Å². The van der Waals surface area contributed by atoms with Crippen LogP contribution in [0.15, 0.2) is 35.9 Å². The number of para-hydroxylation sites is 1. The van der Waals surface area contributed by atoms with Gasteiger partial charge in [0.15, 0.2) is 5.82 Å². The van der Waals surface area contributed by atoms with Gasteiger partial charge in [0.2, 0.25) is 6.04 Å². The van der Waals surface area contributed by atoms with Gasteiger partial charge in [-0.25, -0.2) is 9.97 Å². The number of allylic oxidation sites excluding steroid dienone is 1. The summed E-state index contributed by atoms with van der Waals surface area (Å²) in [5.41, 5.74) is 8.83. The lowest BCUT2D eigenvalue weighted by atomic mass is 9.95. The molecule has 8 nitrogen and oxygen atoms in total. The van der Waals surface area contributed by atoms with Crippen molar-refractivity contribution in [2.75, 3.05) is 12.3 Å². The van der Waals surface area contributed by atoms with Gasteiger partial charge < -0.3 is 10.6 Å². The number of hydrogen-bond acceptors (Lipinski definition) is 6. The molecule has 1 aromatic carbocycles. The van der Waals surface area contributed by atoms with Crippen LogP contribution in [0.25, 0.3) is 21.9 Å². The van der Waals surface area contributed by atoms with E-state index in [0.717, 1.165) is 29.3 Å². The summed E-state index contributed by atoms with van der Waals surface area (Å²) in [4.78, 5) is 25.9. The molecule has 0 radical (unpaired) electrons. The maximum Gasteiger partial charge on any atom is 0.237 e. The minimum Gasteiger partial charge on any atom is -0.407 e. The maximum atomic E-state index is 11.3. The lowest BCUT2D eigenvalue weighted by molar-refractivity contribution is -0.514. The highest BCUT2D eigenvalue weighted by molar-refractivity contribution is 6.06. The number of hydrogen-bond donors (Lipinski definition) is 1. The molecular formula is C18H19N5O3. The number of benzene rings is 1. The lowest BCUT2D eigenvalue weighted by Gasteiger charge is -2.18. The van der Waals surface area contributed by atoms with Crippen LogP contribution < -0.4 is 10.6 Å². The van der Waals surface area contributed by atoms with Crippen molar-refractivity contribution in [1.29, 1.82) is 0 Å². The molecule has 0 spiro atoms. The molecule has 1 atom stereocenters. The first-order chi connectivity index (χ1) is 12.6. The molecule has 0 saturated heterocycles. The highest BCUT2D eigenvalue weighted by atomic mass is 16.7. The van der Waals surface area contributed by atoms with E-state index in [1.165, 1.54) is 0 Å². The first-order valence-electron chi connectivity index (χ1n) is 8.55. The quantitative estimate of drug-likeness (QED) is 0.439. The summed E-state index contributed by atoms with van der Waals surface area (Å²) in [6, 6.07) is 6.94. The van der Waals surface area contributed by atoms with Gasteiger partial charge in [-0.2, -0.15) is 4.73 Å². The Morgan fingerprint density at radius 2 is 2.19 bits per heavy atom. The number of aryl methyl sites for hydroxylation is 1. The molecular weight excluding hydrogens is 334 g/mol. The Labute approximate surface area is 149 Å². The number of pyridine rings is 1. The zero-order valence-corrected chi connectivity index (χ0v) is 14.4. The average molecular weight is 353 g/mol. The molecule has 4 rings (SSSR count). The fourth-order valence-electron chi connectivity index (χ4n) is 3.50. The van der Waals surface area contributed by atoms with Crippen molar-refractivity contribution in [3.63, 3.8) is 0 Å². The third kappa shape index (κ3) is 2.63. The van der Waals surface area contributed by atoms with Crippen LogP contribution in [-0.4, -0.2) is 32.3 Å². The molecule has 1 aliphatic carbocycles. The molecule has 2 N–H and O–H groups in total. The molecule has 0 amide bonds. The second-order valence-electron chi connectivity index (χ2n) is 6.45. The number of nitrogens with zero attached hydrogens (tertiary/aromatic N) is 4. The smallest absolute Gasteiger partial charge is 0.237 e. The van der Waals surface area contributed by atoms with Crippen LogP contribution in [0, 0.1) is 17.0 Å². The molecule has 0 fully saturated rings. The van der Waals surface area contributed by atoms with Crippen LogP contribution in [-0.2, 0) is 0 Å². The summed E-state index contributed by atoms with van der Waals surface area (Å²) in [5.74, 6) is 0.961.